The maximum Gasteiger partial charge on any atom is 0.417 e. The number of methoxy groups -OCH3 is 1. The Kier molecular flexibility index (Phi) is 6.29. The van der Waals surface area contributed by atoms with Crippen LogP contribution >= 0.6 is 0 Å². The number of rotatable bonds is 5. The number of aliphatic hydroxyl groups is 1. The molecule has 0 bridgehead atoms. The molecule has 2 aromatic heterocycles. The summed E-state index contributed by atoms with van der Waals surface area (Å²) >= 11 is 0. The summed E-state index contributed by atoms with van der Waals surface area (Å²) in [5.74, 6) is 1.14. The normalized spacial score (nSPS) is 22.8. The third kappa shape index (κ3) is 4.60. The molecule has 2 amide bonds. The number of fused-ring (bicyclic) bond motifs is 1. The Hall–Kier alpha value is -3.67. The molecule has 0 spiro atoms. The molecule has 0 unspecified atom stereocenters. The molecule has 190 valence electrons. The van der Waals surface area contributed by atoms with Gasteiger partial charge in [-0.15, -0.1) is 0 Å². The zero-order valence-corrected chi connectivity index (χ0v) is 19.4. The van der Waals surface area contributed by atoms with Gasteiger partial charge in [-0.05, 0) is 43.9 Å². The molecule has 3 heterocycles. The summed E-state index contributed by atoms with van der Waals surface area (Å²) < 4.78 is 50.6. The Labute approximate surface area is 204 Å². The molecule has 1 N–H and O–H groups in total. The summed E-state index contributed by atoms with van der Waals surface area (Å²) in [7, 11) is 1.58. The van der Waals surface area contributed by atoms with E-state index >= 15 is 0 Å². The summed E-state index contributed by atoms with van der Waals surface area (Å²) in [4.78, 5) is 27.7. The van der Waals surface area contributed by atoms with Crippen molar-refractivity contribution in [2.24, 2.45) is 0 Å². The number of halogens is 3. The third-order valence-corrected chi connectivity index (χ3v) is 6.60. The predicted octanol–water partition coefficient (Wildman–Crippen LogP) is 4.00. The number of aliphatic hydroxyl groups excluding tert-OH is 1. The van der Waals surface area contributed by atoms with Crippen LogP contribution in [0.15, 0.2) is 43.0 Å². The van der Waals surface area contributed by atoms with Gasteiger partial charge in [0.15, 0.2) is 0 Å². The Morgan fingerprint density at radius 3 is 2.58 bits per heavy atom. The van der Waals surface area contributed by atoms with Crippen LogP contribution in [-0.2, 0) is 6.18 Å². The minimum absolute atomic E-state index is 0.000615. The number of hydrogen-bond acceptors (Lipinski definition) is 7. The first kappa shape index (κ1) is 24.0. The van der Waals surface area contributed by atoms with E-state index in [1.165, 1.54) is 17.4 Å². The van der Waals surface area contributed by atoms with Crippen LogP contribution in [0.1, 0.15) is 31.2 Å². The summed E-state index contributed by atoms with van der Waals surface area (Å²) in [6.45, 7) is -0.130. The Morgan fingerprint density at radius 2 is 1.86 bits per heavy atom. The van der Waals surface area contributed by atoms with E-state index in [-0.39, 0.29) is 24.4 Å². The van der Waals surface area contributed by atoms with Gasteiger partial charge in [-0.25, -0.2) is 14.8 Å². The Bertz CT molecular complexity index is 1270. The lowest BCUT2D eigenvalue weighted by Crippen LogP contribution is -2.46. The number of carbonyl (C=O) groups is 1. The van der Waals surface area contributed by atoms with E-state index in [9.17, 15) is 23.1 Å². The second-order valence-electron chi connectivity index (χ2n) is 8.82. The number of pyridine rings is 1. The topological polar surface area (TPSA) is 101 Å². The number of nitrogens with zero attached hydrogens (tertiary/aromatic N) is 5. The van der Waals surface area contributed by atoms with Crippen LogP contribution in [-0.4, -0.2) is 63.0 Å². The molecule has 1 aromatic carbocycles. The fraction of sp³-hybridized carbons (Fsp3) is 0.417. The number of carbonyl (C=O) groups excluding carboxylic acids is 1. The van der Waals surface area contributed by atoms with Crippen molar-refractivity contribution in [3.05, 3.63) is 48.5 Å². The summed E-state index contributed by atoms with van der Waals surface area (Å²) in [6, 6.07) is 5.51. The molecular weight excluding hydrogens is 479 g/mol. The molecule has 0 radical (unpaired) electrons. The van der Waals surface area contributed by atoms with Gasteiger partial charge in [0, 0.05) is 18.3 Å². The fourth-order valence-electron chi connectivity index (χ4n) is 4.77. The average molecular weight is 503 g/mol. The lowest BCUT2D eigenvalue weighted by atomic mass is 9.92. The molecule has 1 saturated heterocycles. The molecule has 3 aromatic rings. The maximum atomic E-state index is 13.1. The van der Waals surface area contributed by atoms with Gasteiger partial charge in [-0.2, -0.15) is 13.2 Å². The number of amides is 2. The molecule has 12 heteroatoms. The van der Waals surface area contributed by atoms with E-state index in [4.69, 9.17) is 9.47 Å². The number of benzene rings is 1. The summed E-state index contributed by atoms with van der Waals surface area (Å²) in [5, 5.41) is 11.4. The zero-order valence-electron chi connectivity index (χ0n) is 19.4. The van der Waals surface area contributed by atoms with E-state index in [0.717, 1.165) is 16.4 Å². The van der Waals surface area contributed by atoms with Gasteiger partial charge in [-0.3, -0.25) is 14.8 Å². The molecule has 5 rings (SSSR count). The highest BCUT2D eigenvalue weighted by Crippen LogP contribution is 2.35. The smallest absolute Gasteiger partial charge is 0.417 e. The number of ether oxygens (including phenoxy) is 2. The maximum absolute atomic E-state index is 13.1. The summed E-state index contributed by atoms with van der Waals surface area (Å²) in [6.07, 6.45) is -0.148. The number of anilines is 1. The van der Waals surface area contributed by atoms with Gasteiger partial charge in [0.25, 0.3) is 0 Å². The van der Waals surface area contributed by atoms with Crippen LogP contribution in [0.5, 0.6) is 11.6 Å². The number of alkyl halides is 3. The minimum atomic E-state index is -4.58. The number of β-amino-alcohol motifs (C(OH)–C–C–N with tert-alkyl or cyclic N) is 1. The number of aromatic nitrogens is 3. The highest BCUT2D eigenvalue weighted by Gasteiger charge is 2.43. The van der Waals surface area contributed by atoms with Crippen molar-refractivity contribution in [3.8, 4) is 11.6 Å². The molecule has 2 aliphatic rings. The van der Waals surface area contributed by atoms with E-state index in [1.807, 2.05) is 12.1 Å². The van der Waals surface area contributed by atoms with Crippen LogP contribution in [0, 0.1) is 0 Å². The SMILES string of the molecule is COc1ccc2c(OC3CCC(N4C(=O)N(c5cncc(C(F)(F)F)c5)C[C@H]4O)CC3)ncnc2c1. The van der Waals surface area contributed by atoms with E-state index < -0.39 is 24.0 Å². The first-order chi connectivity index (χ1) is 17.2. The molecule has 1 atom stereocenters. The van der Waals surface area contributed by atoms with Crippen LogP contribution in [0.25, 0.3) is 10.9 Å². The van der Waals surface area contributed by atoms with E-state index in [2.05, 4.69) is 15.0 Å². The lowest BCUT2D eigenvalue weighted by molar-refractivity contribution is -0.137. The largest absolute Gasteiger partial charge is 0.497 e. The molecule has 9 nitrogen and oxygen atoms in total. The first-order valence-electron chi connectivity index (χ1n) is 11.5. The Morgan fingerprint density at radius 1 is 1.08 bits per heavy atom. The third-order valence-electron chi connectivity index (χ3n) is 6.60. The molecule has 1 saturated carbocycles. The first-order valence-corrected chi connectivity index (χ1v) is 11.5. The van der Waals surface area contributed by atoms with Crippen molar-refractivity contribution < 1.29 is 32.5 Å². The van der Waals surface area contributed by atoms with Crippen LogP contribution < -0.4 is 14.4 Å². The van der Waals surface area contributed by atoms with Crippen molar-refractivity contribution in [1.29, 1.82) is 0 Å². The second-order valence-corrected chi connectivity index (χ2v) is 8.82. The van der Waals surface area contributed by atoms with Gasteiger partial charge >= 0.3 is 12.2 Å². The molecular formula is C24H24F3N5O4. The van der Waals surface area contributed by atoms with Crippen LogP contribution in [0.4, 0.5) is 23.7 Å². The van der Waals surface area contributed by atoms with Crippen molar-refractivity contribution >= 4 is 22.6 Å². The van der Waals surface area contributed by atoms with E-state index in [0.29, 0.717) is 49.0 Å². The van der Waals surface area contributed by atoms with Crippen molar-refractivity contribution in [2.75, 3.05) is 18.6 Å². The monoisotopic (exact) mass is 503 g/mol. The summed E-state index contributed by atoms with van der Waals surface area (Å²) in [5.41, 5.74) is -0.252. The van der Waals surface area contributed by atoms with Gasteiger partial charge in [-0.1, -0.05) is 0 Å². The van der Waals surface area contributed by atoms with Crippen molar-refractivity contribution in [1.82, 2.24) is 19.9 Å². The zero-order chi connectivity index (χ0) is 25.4. The quantitative estimate of drug-likeness (QED) is 0.562. The number of urea groups is 1. The molecule has 36 heavy (non-hydrogen) atoms. The molecule has 1 aliphatic carbocycles. The van der Waals surface area contributed by atoms with Gasteiger partial charge in [0.2, 0.25) is 5.88 Å². The average Bonchev–Trinajstić information content (AvgIpc) is 3.17. The van der Waals surface area contributed by atoms with Gasteiger partial charge in [0.05, 0.1) is 42.0 Å². The molecule has 2 fully saturated rings. The van der Waals surface area contributed by atoms with Crippen LogP contribution in [0.2, 0.25) is 0 Å². The van der Waals surface area contributed by atoms with E-state index in [1.54, 1.807) is 13.2 Å². The highest BCUT2D eigenvalue weighted by atomic mass is 19.4. The highest BCUT2D eigenvalue weighted by molar-refractivity contribution is 5.94. The second kappa shape index (κ2) is 9.41. The van der Waals surface area contributed by atoms with Crippen molar-refractivity contribution in [3.63, 3.8) is 0 Å². The fourth-order valence-corrected chi connectivity index (χ4v) is 4.77. The van der Waals surface area contributed by atoms with Crippen LogP contribution in [0.3, 0.4) is 0 Å². The Balaban J connectivity index is 1.24. The predicted molar refractivity (Wildman–Crippen MR) is 123 cm³/mol. The van der Waals surface area contributed by atoms with Crippen molar-refractivity contribution in [2.45, 2.75) is 50.2 Å². The van der Waals surface area contributed by atoms with Gasteiger partial charge in [0.1, 0.15) is 24.4 Å². The molecule has 1 aliphatic heterocycles. The number of hydrogen-bond donors (Lipinski definition) is 1. The standard InChI is InChI=1S/C24H24F3N5O4/c1-35-18-6-7-19-20(9-18)29-13-30-22(19)36-17-4-2-15(3-5-17)32-21(33)12-31(23(32)34)16-8-14(10-28-11-16)24(25,26)27/h6-11,13,15,17,21,33H,2-5,12H2,1H3/t15?,17?,21-/m1/s1. The lowest BCUT2D eigenvalue weighted by Gasteiger charge is -2.35. The minimum Gasteiger partial charge on any atom is -0.497 e. The van der Waals surface area contributed by atoms with Gasteiger partial charge < -0.3 is 14.6 Å².